The van der Waals surface area contributed by atoms with Gasteiger partial charge in [0.25, 0.3) is 0 Å². The largest absolute Gasteiger partial charge is 0.394 e. The number of nitrogen functional groups attached to an aromatic ring is 1. The number of hydrogen-bond acceptors (Lipinski definition) is 11. The number of hydrogen-bond donors (Lipinski definition) is 7. The zero-order valence-electron chi connectivity index (χ0n) is 15.9. The standard InChI is InChI=1S/C16H24N8O6/c17-7(2-1-3-20-15(19)29)11(27)16(12(28)10(26)8(4-25)30-16)24-6-23-9-13(18)21-5-22-14(9)24/h5-8,10,12,25-26,28H,1-4,17H2,(H2,18,21,22)(H3,19,20,29)/t7?,8-,10-,12-,16-/m1/s1. The van der Waals surface area contributed by atoms with Gasteiger partial charge < -0.3 is 42.6 Å². The summed E-state index contributed by atoms with van der Waals surface area (Å²) in [5.74, 6) is -0.740. The van der Waals surface area contributed by atoms with Crippen molar-refractivity contribution in [3.05, 3.63) is 12.7 Å². The Morgan fingerprint density at radius 1 is 1.33 bits per heavy atom. The Balaban J connectivity index is 2.00. The average Bonchev–Trinajstić information content (AvgIpc) is 3.26. The molecule has 0 radical (unpaired) electrons. The predicted molar refractivity (Wildman–Crippen MR) is 101 cm³/mol. The van der Waals surface area contributed by atoms with Crippen LogP contribution in [0.25, 0.3) is 11.2 Å². The highest BCUT2D eigenvalue weighted by Crippen LogP contribution is 2.39. The van der Waals surface area contributed by atoms with Crippen molar-refractivity contribution in [1.82, 2.24) is 24.8 Å². The summed E-state index contributed by atoms with van der Waals surface area (Å²) in [6.45, 7) is -0.471. The van der Waals surface area contributed by atoms with E-state index in [9.17, 15) is 24.9 Å². The summed E-state index contributed by atoms with van der Waals surface area (Å²) in [4.78, 5) is 36.1. The van der Waals surface area contributed by atoms with Gasteiger partial charge in [-0.3, -0.25) is 9.36 Å². The van der Waals surface area contributed by atoms with Crippen LogP contribution in [0.3, 0.4) is 0 Å². The summed E-state index contributed by atoms with van der Waals surface area (Å²) >= 11 is 0. The van der Waals surface area contributed by atoms with Crippen LogP contribution >= 0.6 is 0 Å². The fourth-order valence-corrected chi connectivity index (χ4v) is 3.50. The number of nitrogens with zero attached hydrogens (tertiary/aromatic N) is 4. The Morgan fingerprint density at radius 3 is 2.70 bits per heavy atom. The summed E-state index contributed by atoms with van der Waals surface area (Å²) in [7, 11) is 0. The molecule has 10 N–H and O–H groups in total. The second-order valence-electron chi connectivity index (χ2n) is 6.92. The normalized spacial score (nSPS) is 27.3. The van der Waals surface area contributed by atoms with Crippen LogP contribution in [0.4, 0.5) is 10.6 Å². The minimum Gasteiger partial charge on any atom is -0.394 e. The highest BCUT2D eigenvalue weighted by Gasteiger charge is 2.61. The molecule has 3 heterocycles. The number of ketones is 1. The lowest BCUT2D eigenvalue weighted by molar-refractivity contribution is -0.175. The maximum absolute atomic E-state index is 13.4. The van der Waals surface area contributed by atoms with Crippen LogP contribution < -0.4 is 22.5 Å². The van der Waals surface area contributed by atoms with Gasteiger partial charge in [-0.1, -0.05) is 0 Å². The van der Waals surface area contributed by atoms with Crippen LogP contribution in [0, 0.1) is 0 Å². The summed E-state index contributed by atoms with van der Waals surface area (Å²) in [5, 5.41) is 33.1. The van der Waals surface area contributed by atoms with Gasteiger partial charge in [-0.2, -0.15) is 0 Å². The van der Waals surface area contributed by atoms with E-state index < -0.39 is 48.5 Å². The molecular weight excluding hydrogens is 400 g/mol. The van der Waals surface area contributed by atoms with Crippen molar-refractivity contribution < 1.29 is 29.6 Å². The number of aliphatic hydroxyl groups is 3. The lowest BCUT2D eigenvalue weighted by Gasteiger charge is -2.34. The van der Waals surface area contributed by atoms with Crippen molar-refractivity contribution in [2.75, 3.05) is 18.9 Å². The third-order valence-electron chi connectivity index (χ3n) is 5.02. The van der Waals surface area contributed by atoms with Crippen LogP contribution in [-0.2, 0) is 15.3 Å². The molecule has 0 aromatic carbocycles. The highest BCUT2D eigenvalue weighted by atomic mass is 16.6. The van der Waals surface area contributed by atoms with Crippen molar-refractivity contribution in [2.45, 2.75) is 42.9 Å². The molecule has 30 heavy (non-hydrogen) atoms. The maximum atomic E-state index is 13.4. The number of urea groups is 1. The summed E-state index contributed by atoms with van der Waals surface area (Å²) in [5.41, 5.74) is 14.9. The fourth-order valence-electron chi connectivity index (χ4n) is 3.50. The van der Waals surface area contributed by atoms with Crippen LogP contribution in [0.2, 0.25) is 0 Å². The first-order valence-corrected chi connectivity index (χ1v) is 9.16. The Kier molecular flexibility index (Phi) is 6.14. The molecule has 0 spiro atoms. The number of fused-ring (bicyclic) bond motifs is 1. The molecular formula is C16H24N8O6. The molecule has 2 aromatic rings. The third kappa shape index (κ3) is 3.54. The topological polar surface area (TPSA) is 238 Å². The van der Waals surface area contributed by atoms with E-state index in [1.54, 1.807) is 0 Å². The molecule has 1 saturated heterocycles. The molecule has 1 aliphatic heterocycles. The summed E-state index contributed by atoms with van der Waals surface area (Å²) in [6, 6.07) is -1.87. The number of amides is 2. The third-order valence-corrected chi connectivity index (χ3v) is 5.02. The molecule has 3 rings (SSSR count). The van der Waals surface area contributed by atoms with Gasteiger partial charge in [-0.05, 0) is 12.8 Å². The Labute approximate surface area is 170 Å². The van der Waals surface area contributed by atoms with E-state index in [1.165, 1.54) is 6.33 Å². The number of ether oxygens (including phenoxy) is 1. The molecule has 14 heteroatoms. The van der Waals surface area contributed by atoms with Crippen molar-refractivity contribution in [3.8, 4) is 0 Å². The minimum absolute atomic E-state index is 0.0370. The smallest absolute Gasteiger partial charge is 0.312 e. The number of carbonyl (C=O) groups excluding carboxylic acids is 2. The molecule has 14 nitrogen and oxygen atoms in total. The lowest BCUT2D eigenvalue weighted by Crippen LogP contribution is -2.57. The molecule has 1 aliphatic rings. The first-order valence-electron chi connectivity index (χ1n) is 9.16. The molecule has 2 amide bonds. The molecule has 1 unspecified atom stereocenters. The summed E-state index contributed by atoms with van der Waals surface area (Å²) < 4.78 is 6.83. The van der Waals surface area contributed by atoms with Crippen molar-refractivity contribution in [3.63, 3.8) is 0 Å². The van der Waals surface area contributed by atoms with Gasteiger partial charge in [0.05, 0.1) is 12.6 Å². The van der Waals surface area contributed by atoms with Crippen molar-refractivity contribution in [2.24, 2.45) is 11.5 Å². The van der Waals surface area contributed by atoms with Crippen molar-refractivity contribution in [1.29, 1.82) is 0 Å². The van der Waals surface area contributed by atoms with E-state index in [0.717, 1.165) is 10.9 Å². The van der Waals surface area contributed by atoms with Gasteiger partial charge in [0, 0.05) is 6.54 Å². The Morgan fingerprint density at radius 2 is 2.07 bits per heavy atom. The van der Waals surface area contributed by atoms with Gasteiger partial charge >= 0.3 is 6.03 Å². The first-order chi connectivity index (χ1) is 14.2. The quantitative estimate of drug-likeness (QED) is 0.205. The van der Waals surface area contributed by atoms with Gasteiger partial charge in [0.2, 0.25) is 11.5 Å². The number of nitrogens with one attached hydrogen (secondary N) is 1. The van der Waals surface area contributed by atoms with Crippen LogP contribution in [0.1, 0.15) is 12.8 Å². The average molecular weight is 424 g/mol. The number of nitrogens with two attached hydrogens (primary N) is 3. The maximum Gasteiger partial charge on any atom is 0.312 e. The number of primary amides is 1. The SMILES string of the molecule is NC(=O)NCCCC(N)C(=O)[C@@]1(n2cnc3c(N)ncnc32)O[C@H](CO)[C@@H](O)[C@H]1O. The molecule has 2 aromatic heterocycles. The van der Waals surface area contributed by atoms with E-state index >= 15 is 0 Å². The zero-order valence-corrected chi connectivity index (χ0v) is 15.9. The minimum atomic E-state index is -2.21. The summed E-state index contributed by atoms with van der Waals surface area (Å²) in [6.07, 6.45) is -1.89. The number of carbonyl (C=O) groups is 2. The lowest BCUT2D eigenvalue weighted by atomic mass is 9.92. The second-order valence-corrected chi connectivity index (χ2v) is 6.92. The molecule has 1 fully saturated rings. The number of rotatable bonds is 8. The Bertz CT molecular complexity index is 938. The van der Waals surface area contributed by atoms with Gasteiger partial charge in [-0.15, -0.1) is 0 Å². The van der Waals surface area contributed by atoms with E-state index in [0.29, 0.717) is 6.42 Å². The highest BCUT2D eigenvalue weighted by molar-refractivity contribution is 5.93. The number of aromatic nitrogens is 4. The molecule has 0 bridgehead atoms. The fraction of sp³-hybridized carbons (Fsp3) is 0.562. The molecule has 164 valence electrons. The number of anilines is 1. The zero-order chi connectivity index (χ0) is 22.1. The van der Waals surface area contributed by atoms with Gasteiger partial charge in [0.1, 0.15) is 36.5 Å². The van der Waals surface area contributed by atoms with E-state index in [1.807, 2.05) is 0 Å². The number of Topliss-reactive ketones (excluding diaryl/α,β-unsaturated/α-hetero) is 1. The second kappa shape index (κ2) is 8.45. The first kappa shape index (κ1) is 21.8. The number of imidazole rings is 1. The van der Waals surface area contributed by atoms with Crippen LogP contribution in [0.15, 0.2) is 12.7 Å². The van der Waals surface area contributed by atoms with Crippen molar-refractivity contribution >= 4 is 28.8 Å². The van der Waals surface area contributed by atoms with E-state index in [2.05, 4.69) is 20.3 Å². The Hall–Kier alpha value is -2.91. The van der Waals surface area contributed by atoms with Crippen LogP contribution in [-0.4, -0.2) is 84.2 Å². The monoisotopic (exact) mass is 424 g/mol. The predicted octanol–water partition coefficient (Wildman–Crippen LogP) is -3.48. The van der Waals surface area contributed by atoms with Crippen LogP contribution in [0.5, 0.6) is 0 Å². The molecule has 0 aliphatic carbocycles. The van der Waals surface area contributed by atoms with Gasteiger partial charge in [0.15, 0.2) is 11.5 Å². The number of aliphatic hydroxyl groups excluding tert-OH is 3. The van der Waals surface area contributed by atoms with E-state index in [-0.39, 0.29) is 29.9 Å². The van der Waals surface area contributed by atoms with Gasteiger partial charge in [-0.25, -0.2) is 19.7 Å². The molecule has 0 saturated carbocycles. The molecule has 5 atom stereocenters. The van der Waals surface area contributed by atoms with E-state index in [4.69, 9.17) is 21.9 Å².